The molecule has 138 valence electrons. The molecule has 26 heavy (non-hydrogen) atoms. The van der Waals surface area contributed by atoms with Gasteiger partial charge in [0.25, 0.3) is 5.91 Å². The summed E-state index contributed by atoms with van der Waals surface area (Å²) in [5, 5.41) is 8.01. The van der Waals surface area contributed by atoms with Crippen LogP contribution >= 0.6 is 22.9 Å². The molecule has 5 nitrogen and oxygen atoms in total. The van der Waals surface area contributed by atoms with Gasteiger partial charge >= 0.3 is 0 Å². The maximum atomic E-state index is 12.4. The van der Waals surface area contributed by atoms with E-state index in [1.54, 1.807) is 29.5 Å². The first-order chi connectivity index (χ1) is 12.5. The normalized spacial score (nSPS) is 19.3. The van der Waals surface area contributed by atoms with Gasteiger partial charge in [-0.25, -0.2) is 0 Å². The van der Waals surface area contributed by atoms with Crippen molar-refractivity contribution in [2.75, 3.05) is 5.32 Å². The fourth-order valence-corrected chi connectivity index (χ4v) is 4.07. The number of nitrogens with one attached hydrogen (secondary N) is 2. The predicted octanol–water partition coefficient (Wildman–Crippen LogP) is 3.79. The molecule has 1 aromatic heterocycles. The number of amides is 2. The van der Waals surface area contributed by atoms with Gasteiger partial charge < -0.3 is 16.4 Å². The highest BCUT2D eigenvalue weighted by molar-refractivity contribution is 7.09. The second kappa shape index (κ2) is 8.66. The second-order valence-electron chi connectivity index (χ2n) is 6.56. The van der Waals surface area contributed by atoms with E-state index in [0.29, 0.717) is 29.2 Å². The van der Waals surface area contributed by atoms with E-state index in [0.717, 1.165) is 24.1 Å². The van der Waals surface area contributed by atoms with Crippen molar-refractivity contribution >= 4 is 40.4 Å². The molecule has 7 heteroatoms. The summed E-state index contributed by atoms with van der Waals surface area (Å²) in [6.07, 6.45) is 3.46. The molecule has 1 aliphatic rings. The summed E-state index contributed by atoms with van der Waals surface area (Å²) in [5.74, 6) is -0.118. The van der Waals surface area contributed by atoms with Gasteiger partial charge in [-0.1, -0.05) is 24.1 Å². The molecule has 4 N–H and O–H groups in total. The molecule has 0 saturated heterocycles. The van der Waals surface area contributed by atoms with Crippen molar-refractivity contribution in [2.45, 2.75) is 38.3 Å². The zero-order chi connectivity index (χ0) is 18.5. The summed E-state index contributed by atoms with van der Waals surface area (Å²) in [5.41, 5.74) is 6.94. The second-order valence-corrected chi connectivity index (χ2v) is 8.00. The minimum absolute atomic E-state index is 0.0837. The van der Waals surface area contributed by atoms with Crippen molar-refractivity contribution in [3.8, 4) is 0 Å². The molecule has 2 amide bonds. The first-order valence-electron chi connectivity index (χ1n) is 8.68. The van der Waals surface area contributed by atoms with Gasteiger partial charge in [-0.2, -0.15) is 0 Å². The minimum atomic E-state index is -0.266. The Morgan fingerprint density at radius 1 is 1.27 bits per heavy atom. The van der Waals surface area contributed by atoms with Crippen LogP contribution in [0.5, 0.6) is 0 Å². The Labute approximate surface area is 161 Å². The molecule has 1 heterocycles. The quantitative estimate of drug-likeness (QED) is 0.700. The Morgan fingerprint density at radius 3 is 2.81 bits per heavy atom. The molecule has 2 atom stereocenters. The molecule has 0 radical (unpaired) electrons. The van der Waals surface area contributed by atoms with E-state index in [1.807, 2.05) is 17.5 Å². The van der Waals surface area contributed by atoms with Gasteiger partial charge in [0.1, 0.15) is 0 Å². The SMILES string of the molecule is N[C@@H]1CCC[C@H]1CC(=O)Nc1ccc(Cl)c(C(=O)NCc2cccs2)c1. The van der Waals surface area contributed by atoms with Gasteiger partial charge in [0.05, 0.1) is 17.1 Å². The molecule has 0 aliphatic heterocycles. The number of carbonyl (C=O) groups excluding carboxylic acids is 2. The average Bonchev–Trinajstić information content (AvgIpc) is 3.27. The fourth-order valence-electron chi connectivity index (χ4n) is 3.22. The average molecular weight is 392 g/mol. The fraction of sp³-hybridized carbons (Fsp3) is 0.368. The number of hydrogen-bond acceptors (Lipinski definition) is 4. The Hall–Kier alpha value is -1.89. The standard InChI is InChI=1S/C19H22ClN3O2S/c20-16-7-6-13(23-18(24)9-12-3-1-5-17(12)21)10-15(16)19(25)22-11-14-4-2-8-26-14/h2,4,6-8,10,12,17H,1,3,5,9,11,21H2,(H,22,25)(H,23,24)/t12-,17+/m0/s1. The lowest BCUT2D eigenvalue weighted by Gasteiger charge is -2.15. The lowest BCUT2D eigenvalue weighted by Crippen LogP contribution is -2.28. The van der Waals surface area contributed by atoms with E-state index in [4.69, 9.17) is 17.3 Å². The molecule has 1 aliphatic carbocycles. The summed E-state index contributed by atoms with van der Waals surface area (Å²) in [4.78, 5) is 25.7. The summed E-state index contributed by atoms with van der Waals surface area (Å²) in [6.45, 7) is 0.447. The van der Waals surface area contributed by atoms with Crippen LogP contribution in [0.3, 0.4) is 0 Å². The van der Waals surface area contributed by atoms with Gasteiger partial charge in [0.15, 0.2) is 0 Å². The third-order valence-electron chi connectivity index (χ3n) is 4.66. The molecular formula is C19H22ClN3O2S. The minimum Gasteiger partial charge on any atom is -0.347 e. The Bertz CT molecular complexity index is 779. The largest absolute Gasteiger partial charge is 0.347 e. The summed E-state index contributed by atoms with van der Waals surface area (Å²) >= 11 is 7.73. The van der Waals surface area contributed by atoms with E-state index >= 15 is 0 Å². The molecular weight excluding hydrogens is 370 g/mol. The zero-order valence-corrected chi connectivity index (χ0v) is 15.9. The third kappa shape index (κ3) is 4.84. The number of nitrogens with two attached hydrogens (primary N) is 1. The maximum Gasteiger partial charge on any atom is 0.253 e. The smallest absolute Gasteiger partial charge is 0.253 e. The lowest BCUT2D eigenvalue weighted by atomic mass is 10.00. The van der Waals surface area contributed by atoms with Crippen LogP contribution < -0.4 is 16.4 Å². The number of anilines is 1. The summed E-state index contributed by atoms with van der Waals surface area (Å²) < 4.78 is 0. The number of benzene rings is 1. The van der Waals surface area contributed by atoms with Crippen LogP contribution in [0.1, 0.15) is 40.9 Å². The maximum absolute atomic E-state index is 12.4. The number of hydrogen-bond donors (Lipinski definition) is 3. The monoisotopic (exact) mass is 391 g/mol. The van der Waals surface area contributed by atoms with Crippen LogP contribution in [0, 0.1) is 5.92 Å². The van der Waals surface area contributed by atoms with E-state index in [9.17, 15) is 9.59 Å². The Balaban J connectivity index is 1.61. The molecule has 2 aromatic rings. The molecule has 1 aromatic carbocycles. The third-order valence-corrected chi connectivity index (χ3v) is 5.87. The lowest BCUT2D eigenvalue weighted by molar-refractivity contribution is -0.117. The number of thiophene rings is 1. The van der Waals surface area contributed by atoms with Crippen LogP contribution in [0.2, 0.25) is 5.02 Å². The van der Waals surface area contributed by atoms with Crippen molar-refractivity contribution in [2.24, 2.45) is 11.7 Å². The predicted molar refractivity (Wildman–Crippen MR) is 106 cm³/mol. The van der Waals surface area contributed by atoms with E-state index < -0.39 is 0 Å². The van der Waals surface area contributed by atoms with Crippen molar-refractivity contribution in [1.82, 2.24) is 5.32 Å². The van der Waals surface area contributed by atoms with E-state index in [2.05, 4.69) is 10.6 Å². The van der Waals surface area contributed by atoms with Gasteiger partial charge in [0.2, 0.25) is 5.91 Å². The highest BCUT2D eigenvalue weighted by Crippen LogP contribution is 2.27. The van der Waals surface area contributed by atoms with Crippen LogP contribution in [0.4, 0.5) is 5.69 Å². The van der Waals surface area contributed by atoms with Crippen molar-refractivity contribution in [1.29, 1.82) is 0 Å². The van der Waals surface area contributed by atoms with Gasteiger partial charge in [0, 0.05) is 23.0 Å². The molecule has 1 saturated carbocycles. The number of carbonyl (C=O) groups is 2. The van der Waals surface area contributed by atoms with Crippen LogP contribution in [-0.2, 0) is 11.3 Å². The summed E-state index contributed by atoms with van der Waals surface area (Å²) in [6, 6.07) is 8.93. The van der Waals surface area contributed by atoms with Crippen molar-refractivity contribution < 1.29 is 9.59 Å². The van der Waals surface area contributed by atoms with Gasteiger partial charge in [-0.05, 0) is 48.4 Å². The van der Waals surface area contributed by atoms with Crippen molar-refractivity contribution in [3.05, 3.63) is 51.2 Å². The van der Waals surface area contributed by atoms with Crippen LogP contribution in [0.15, 0.2) is 35.7 Å². The molecule has 0 unspecified atom stereocenters. The number of rotatable bonds is 6. The molecule has 3 rings (SSSR count). The van der Waals surface area contributed by atoms with E-state index in [1.165, 1.54) is 0 Å². The highest BCUT2D eigenvalue weighted by Gasteiger charge is 2.26. The molecule has 1 fully saturated rings. The van der Waals surface area contributed by atoms with Crippen LogP contribution in [0.25, 0.3) is 0 Å². The first-order valence-corrected chi connectivity index (χ1v) is 9.94. The Kier molecular flexibility index (Phi) is 6.29. The highest BCUT2D eigenvalue weighted by atomic mass is 35.5. The summed E-state index contributed by atoms with van der Waals surface area (Å²) in [7, 11) is 0. The van der Waals surface area contributed by atoms with Gasteiger partial charge in [-0.15, -0.1) is 11.3 Å². The molecule has 0 bridgehead atoms. The number of halogens is 1. The first kappa shape index (κ1) is 18.9. The van der Waals surface area contributed by atoms with Crippen LogP contribution in [-0.4, -0.2) is 17.9 Å². The zero-order valence-electron chi connectivity index (χ0n) is 14.3. The van der Waals surface area contributed by atoms with Gasteiger partial charge in [-0.3, -0.25) is 9.59 Å². The topological polar surface area (TPSA) is 84.2 Å². The van der Waals surface area contributed by atoms with Crippen molar-refractivity contribution in [3.63, 3.8) is 0 Å². The van der Waals surface area contributed by atoms with E-state index in [-0.39, 0.29) is 23.8 Å². The Morgan fingerprint density at radius 2 is 2.12 bits per heavy atom. The molecule has 0 spiro atoms.